The van der Waals surface area contributed by atoms with Crippen LogP contribution in [-0.2, 0) is 11.3 Å². The van der Waals surface area contributed by atoms with Crippen molar-refractivity contribution < 1.29 is 14.3 Å². The topological polar surface area (TPSA) is 75.2 Å². The number of halogens is 1. The molecule has 0 aliphatic carbocycles. The monoisotopic (exact) mass is 524 g/mol. The minimum absolute atomic E-state index is 0. The van der Waals surface area contributed by atoms with Gasteiger partial charge in [0.2, 0.25) is 0 Å². The maximum atomic E-state index is 12.2. The Morgan fingerprint density at radius 1 is 1.17 bits per heavy atom. The standard InChI is InChI=1S/C22H28N4O3.HI/c1-3-23-22(25-15-17-9-11-18(28-2)12-10-17)24-13-6-14-26-19-7-4-5-8-20(19)29-16-21(26)27;/h4-5,7-12H,3,6,13-16H2,1-2H3,(H2,23,24,25);1H. The van der Waals surface area contributed by atoms with Gasteiger partial charge in [0, 0.05) is 19.6 Å². The highest BCUT2D eigenvalue weighted by atomic mass is 127. The van der Waals surface area contributed by atoms with Gasteiger partial charge in [-0.15, -0.1) is 24.0 Å². The van der Waals surface area contributed by atoms with E-state index in [1.165, 1.54) is 0 Å². The second kappa shape index (κ2) is 12.3. The van der Waals surface area contributed by atoms with Crippen LogP contribution in [0.5, 0.6) is 11.5 Å². The van der Waals surface area contributed by atoms with Crippen LogP contribution in [0.3, 0.4) is 0 Å². The molecule has 0 unspecified atom stereocenters. The Morgan fingerprint density at radius 2 is 1.93 bits per heavy atom. The van der Waals surface area contributed by atoms with E-state index in [1.807, 2.05) is 55.5 Å². The number of nitrogens with one attached hydrogen (secondary N) is 2. The van der Waals surface area contributed by atoms with Gasteiger partial charge < -0.3 is 25.0 Å². The molecule has 0 atom stereocenters. The molecule has 2 aromatic carbocycles. The number of nitrogens with zero attached hydrogens (tertiary/aromatic N) is 2. The molecule has 2 aromatic rings. The number of rotatable bonds is 8. The van der Waals surface area contributed by atoms with Crippen LogP contribution < -0.4 is 25.0 Å². The molecule has 1 amide bonds. The first-order valence-corrected chi connectivity index (χ1v) is 9.88. The SMILES string of the molecule is CCNC(=NCc1ccc(OC)cc1)NCCCN1C(=O)COc2ccccc21.I. The van der Waals surface area contributed by atoms with Crippen LogP contribution in [0.15, 0.2) is 53.5 Å². The third-order valence-corrected chi connectivity index (χ3v) is 4.58. The molecule has 1 aliphatic heterocycles. The number of methoxy groups -OCH3 is 1. The van der Waals surface area contributed by atoms with E-state index >= 15 is 0 Å². The predicted molar refractivity (Wildman–Crippen MR) is 130 cm³/mol. The number of ether oxygens (including phenoxy) is 2. The van der Waals surface area contributed by atoms with Gasteiger partial charge >= 0.3 is 0 Å². The highest BCUT2D eigenvalue weighted by molar-refractivity contribution is 14.0. The lowest BCUT2D eigenvalue weighted by Gasteiger charge is -2.29. The van der Waals surface area contributed by atoms with E-state index in [2.05, 4.69) is 15.6 Å². The van der Waals surface area contributed by atoms with Gasteiger partial charge in [0.15, 0.2) is 12.6 Å². The van der Waals surface area contributed by atoms with Gasteiger partial charge in [-0.25, -0.2) is 4.99 Å². The first kappa shape index (κ1) is 23.8. The van der Waals surface area contributed by atoms with Crippen LogP contribution in [0.2, 0.25) is 0 Å². The largest absolute Gasteiger partial charge is 0.497 e. The molecule has 30 heavy (non-hydrogen) atoms. The summed E-state index contributed by atoms with van der Waals surface area (Å²) in [5.41, 5.74) is 1.95. The molecule has 3 rings (SSSR count). The number of amides is 1. The summed E-state index contributed by atoms with van der Waals surface area (Å²) in [5, 5.41) is 6.59. The number of carbonyl (C=O) groups excluding carboxylic acids is 1. The van der Waals surface area contributed by atoms with Gasteiger partial charge in [0.1, 0.15) is 11.5 Å². The van der Waals surface area contributed by atoms with E-state index in [-0.39, 0.29) is 36.5 Å². The zero-order valence-corrected chi connectivity index (χ0v) is 19.7. The zero-order valence-electron chi connectivity index (χ0n) is 17.4. The van der Waals surface area contributed by atoms with Crippen LogP contribution in [0.1, 0.15) is 18.9 Å². The number of anilines is 1. The highest BCUT2D eigenvalue weighted by Gasteiger charge is 2.24. The van der Waals surface area contributed by atoms with E-state index in [1.54, 1.807) is 12.0 Å². The first-order chi connectivity index (χ1) is 14.2. The molecule has 1 aliphatic rings. The first-order valence-electron chi connectivity index (χ1n) is 9.88. The maximum Gasteiger partial charge on any atom is 0.265 e. The van der Waals surface area contributed by atoms with Gasteiger partial charge in [-0.05, 0) is 43.2 Å². The van der Waals surface area contributed by atoms with Crippen molar-refractivity contribution in [1.29, 1.82) is 0 Å². The number of hydrogen-bond donors (Lipinski definition) is 2. The minimum Gasteiger partial charge on any atom is -0.497 e. The number of guanidine groups is 1. The molecule has 162 valence electrons. The number of aliphatic imine (C=N–C) groups is 1. The number of para-hydroxylation sites is 2. The number of carbonyl (C=O) groups is 1. The van der Waals surface area contributed by atoms with Crippen LogP contribution in [-0.4, -0.2) is 45.2 Å². The van der Waals surface area contributed by atoms with Crippen LogP contribution in [0, 0.1) is 0 Å². The van der Waals surface area contributed by atoms with Gasteiger partial charge in [-0.1, -0.05) is 24.3 Å². The molecule has 1 heterocycles. The second-order valence-corrected chi connectivity index (χ2v) is 6.63. The summed E-state index contributed by atoms with van der Waals surface area (Å²) in [6.45, 7) is 4.83. The highest BCUT2D eigenvalue weighted by Crippen LogP contribution is 2.31. The molecular weight excluding hydrogens is 495 g/mol. The molecule has 0 fully saturated rings. The van der Waals surface area contributed by atoms with Gasteiger partial charge in [-0.3, -0.25) is 4.79 Å². The van der Waals surface area contributed by atoms with Crippen molar-refractivity contribution in [2.45, 2.75) is 19.9 Å². The summed E-state index contributed by atoms with van der Waals surface area (Å²) < 4.78 is 10.7. The van der Waals surface area contributed by atoms with Crippen LogP contribution in [0.4, 0.5) is 5.69 Å². The van der Waals surface area contributed by atoms with E-state index in [0.717, 1.165) is 41.7 Å². The van der Waals surface area contributed by atoms with E-state index < -0.39 is 0 Å². The van der Waals surface area contributed by atoms with E-state index in [9.17, 15) is 4.79 Å². The Morgan fingerprint density at radius 3 is 2.67 bits per heavy atom. The molecule has 0 saturated carbocycles. The van der Waals surface area contributed by atoms with Crippen molar-refractivity contribution in [2.75, 3.05) is 38.3 Å². The van der Waals surface area contributed by atoms with Crippen molar-refractivity contribution in [2.24, 2.45) is 4.99 Å². The normalized spacial score (nSPS) is 13.1. The summed E-state index contributed by atoms with van der Waals surface area (Å²) in [7, 11) is 1.66. The Hall–Kier alpha value is -2.49. The van der Waals surface area contributed by atoms with Gasteiger partial charge in [-0.2, -0.15) is 0 Å². The molecule has 0 bridgehead atoms. The van der Waals surface area contributed by atoms with Crippen molar-refractivity contribution in [3.05, 3.63) is 54.1 Å². The Labute approximate surface area is 194 Å². The predicted octanol–water partition coefficient (Wildman–Crippen LogP) is 3.18. The molecule has 0 saturated heterocycles. The number of benzene rings is 2. The average Bonchev–Trinajstić information content (AvgIpc) is 2.76. The Balaban J connectivity index is 0.00000320. The summed E-state index contributed by atoms with van der Waals surface area (Å²) in [6.07, 6.45) is 0.799. The second-order valence-electron chi connectivity index (χ2n) is 6.63. The van der Waals surface area contributed by atoms with E-state index in [0.29, 0.717) is 19.6 Å². The fourth-order valence-electron chi connectivity index (χ4n) is 3.09. The van der Waals surface area contributed by atoms with Crippen molar-refractivity contribution in [3.8, 4) is 11.5 Å². The fraction of sp³-hybridized carbons (Fsp3) is 0.364. The smallest absolute Gasteiger partial charge is 0.265 e. The molecule has 7 nitrogen and oxygen atoms in total. The lowest BCUT2D eigenvalue weighted by atomic mass is 10.2. The third-order valence-electron chi connectivity index (χ3n) is 4.58. The molecule has 0 aromatic heterocycles. The number of hydrogen-bond acceptors (Lipinski definition) is 4. The van der Waals surface area contributed by atoms with Crippen LogP contribution in [0.25, 0.3) is 0 Å². The van der Waals surface area contributed by atoms with Gasteiger partial charge in [0.05, 0.1) is 19.3 Å². The van der Waals surface area contributed by atoms with E-state index in [4.69, 9.17) is 9.47 Å². The summed E-state index contributed by atoms with van der Waals surface area (Å²) >= 11 is 0. The molecular formula is C22H29IN4O3. The lowest BCUT2D eigenvalue weighted by molar-refractivity contribution is -0.121. The third kappa shape index (κ3) is 6.51. The molecule has 2 N–H and O–H groups in total. The molecule has 0 spiro atoms. The zero-order chi connectivity index (χ0) is 20.5. The van der Waals surface area contributed by atoms with Crippen molar-refractivity contribution >= 4 is 41.5 Å². The Kier molecular flexibility index (Phi) is 9.72. The van der Waals surface area contributed by atoms with Gasteiger partial charge in [0.25, 0.3) is 5.91 Å². The summed E-state index contributed by atoms with van der Waals surface area (Å²) in [4.78, 5) is 18.6. The minimum atomic E-state index is -0.0104. The lowest BCUT2D eigenvalue weighted by Crippen LogP contribution is -2.42. The number of fused-ring (bicyclic) bond motifs is 1. The van der Waals surface area contributed by atoms with Crippen LogP contribution >= 0.6 is 24.0 Å². The summed E-state index contributed by atoms with van der Waals surface area (Å²) in [6, 6.07) is 15.5. The fourth-order valence-corrected chi connectivity index (χ4v) is 3.09. The Bertz CT molecular complexity index is 843. The van der Waals surface area contributed by atoms with Crippen molar-refractivity contribution in [1.82, 2.24) is 10.6 Å². The molecule has 0 radical (unpaired) electrons. The average molecular weight is 524 g/mol. The maximum absolute atomic E-state index is 12.2. The molecule has 8 heteroatoms. The van der Waals surface area contributed by atoms with Crippen molar-refractivity contribution in [3.63, 3.8) is 0 Å². The summed E-state index contributed by atoms with van der Waals surface area (Å²) in [5.74, 6) is 2.34. The quantitative estimate of drug-likeness (QED) is 0.240.